The summed E-state index contributed by atoms with van der Waals surface area (Å²) in [6.45, 7) is 0. The molecule has 9 rings (SSSR count). The molecule has 8 aliphatic rings. The lowest BCUT2D eigenvalue weighted by Crippen LogP contribution is -2.57. The first-order valence-electron chi connectivity index (χ1n) is 13.6. The third-order valence-corrected chi connectivity index (χ3v) is 11.8. The Morgan fingerprint density at radius 1 is 0.771 bits per heavy atom. The maximum absolute atomic E-state index is 13.8. The highest BCUT2D eigenvalue weighted by Gasteiger charge is 2.79. The highest BCUT2D eigenvalue weighted by atomic mass is 16.7. The molecule has 0 aromatic heterocycles. The molecule has 0 heterocycles. The van der Waals surface area contributed by atoms with E-state index in [0.29, 0.717) is 42.1 Å². The molecule has 8 saturated carbocycles. The Balaban J connectivity index is 1.07. The normalized spacial score (nSPS) is 52.3. The van der Waals surface area contributed by atoms with Crippen LogP contribution < -0.4 is 0 Å². The van der Waals surface area contributed by atoms with E-state index in [1.165, 1.54) is 0 Å². The summed E-state index contributed by atoms with van der Waals surface area (Å²) in [6, 6.07) is 9.29. The number of ether oxygens (including phenoxy) is 2. The van der Waals surface area contributed by atoms with Crippen LogP contribution in [0.1, 0.15) is 82.5 Å². The molecule has 186 valence electrons. The zero-order valence-electron chi connectivity index (χ0n) is 20.1. The zero-order valence-corrected chi connectivity index (χ0v) is 20.1. The number of hydrogen-bond donors (Lipinski definition) is 2. The predicted octanol–water partition coefficient (Wildman–Crippen LogP) is 4.04. The van der Waals surface area contributed by atoms with E-state index in [4.69, 9.17) is 9.47 Å². The maximum atomic E-state index is 13.8. The molecule has 1 spiro atoms. The summed E-state index contributed by atoms with van der Waals surface area (Å²) in [7, 11) is 0. The van der Waals surface area contributed by atoms with Crippen molar-refractivity contribution in [3.63, 3.8) is 0 Å². The van der Waals surface area contributed by atoms with Gasteiger partial charge < -0.3 is 19.7 Å². The molecule has 8 aliphatic carbocycles. The quantitative estimate of drug-likeness (QED) is 0.490. The average molecular weight is 479 g/mol. The van der Waals surface area contributed by atoms with Gasteiger partial charge in [-0.15, -0.1) is 0 Å². The first-order valence-corrected chi connectivity index (χ1v) is 13.6. The molecule has 0 amide bonds. The lowest BCUT2D eigenvalue weighted by molar-refractivity contribution is -0.209. The van der Waals surface area contributed by atoms with Gasteiger partial charge in [0.2, 0.25) is 0 Å². The molecule has 2 N–H and O–H groups in total. The van der Waals surface area contributed by atoms with Crippen molar-refractivity contribution in [1.82, 2.24) is 0 Å². The molecular formula is C29H34O6. The van der Waals surface area contributed by atoms with Crippen molar-refractivity contribution in [1.29, 1.82) is 0 Å². The summed E-state index contributed by atoms with van der Waals surface area (Å²) < 4.78 is 12.2. The van der Waals surface area contributed by atoms with Crippen molar-refractivity contribution in [2.24, 2.45) is 39.9 Å². The molecular weight excluding hydrogens is 444 g/mol. The second-order valence-electron chi connectivity index (χ2n) is 13.8. The number of hydrogen-bond acceptors (Lipinski definition) is 6. The molecule has 0 aliphatic heterocycles. The second-order valence-corrected chi connectivity index (χ2v) is 13.8. The number of esters is 2. The van der Waals surface area contributed by atoms with E-state index in [1.807, 2.05) is 30.3 Å². The van der Waals surface area contributed by atoms with Crippen molar-refractivity contribution in [2.75, 3.05) is 0 Å². The van der Waals surface area contributed by atoms with Gasteiger partial charge in [-0.25, -0.2) is 0 Å². The fourth-order valence-corrected chi connectivity index (χ4v) is 11.0. The summed E-state index contributed by atoms with van der Waals surface area (Å²) in [6.07, 6.45) is 7.39. The number of aliphatic hydroxyl groups is 2. The smallest absolute Gasteiger partial charge is 0.315 e. The van der Waals surface area contributed by atoms with Crippen molar-refractivity contribution in [3.05, 3.63) is 35.9 Å². The Morgan fingerprint density at radius 2 is 1.43 bits per heavy atom. The molecule has 8 atom stereocenters. The van der Waals surface area contributed by atoms with Gasteiger partial charge >= 0.3 is 11.9 Å². The van der Waals surface area contributed by atoms with Gasteiger partial charge in [0.15, 0.2) is 0 Å². The second kappa shape index (κ2) is 6.31. The van der Waals surface area contributed by atoms with Crippen molar-refractivity contribution >= 4 is 11.9 Å². The highest BCUT2D eigenvalue weighted by molar-refractivity contribution is 5.80. The number of fused-ring (bicyclic) bond motifs is 2. The largest absolute Gasteiger partial charge is 0.420 e. The molecule has 0 radical (unpaired) electrons. The minimum atomic E-state index is -1.08. The molecule has 6 heteroatoms. The zero-order chi connectivity index (χ0) is 23.8. The maximum Gasteiger partial charge on any atom is 0.315 e. The lowest BCUT2D eigenvalue weighted by Gasteiger charge is -2.55. The van der Waals surface area contributed by atoms with Crippen LogP contribution in [0.3, 0.4) is 0 Å². The lowest BCUT2D eigenvalue weighted by atomic mass is 9.52. The predicted molar refractivity (Wildman–Crippen MR) is 123 cm³/mol. The van der Waals surface area contributed by atoms with Crippen LogP contribution >= 0.6 is 0 Å². The van der Waals surface area contributed by atoms with Gasteiger partial charge in [-0.05, 0) is 94.3 Å². The summed E-state index contributed by atoms with van der Waals surface area (Å²) in [4.78, 5) is 27.5. The van der Waals surface area contributed by atoms with E-state index in [0.717, 1.165) is 57.8 Å². The average Bonchev–Trinajstić information content (AvgIpc) is 3.34. The van der Waals surface area contributed by atoms with Gasteiger partial charge in [-0.3, -0.25) is 9.59 Å². The van der Waals surface area contributed by atoms with E-state index < -0.39 is 28.3 Å². The Hall–Kier alpha value is -1.92. The number of carbonyl (C=O) groups is 2. The molecule has 6 nitrogen and oxygen atoms in total. The van der Waals surface area contributed by atoms with Crippen molar-refractivity contribution in [2.45, 2.75) is 88.1 Å². The van der Waals surface area contributed by atoms with E-state index in [-0.39, 0.29) is 17.4 Å². The van der Waals surface area contributed by atoms with Gasteiger partial charge in [0.1, 0.15) is 0 Å². The Morgan fingerprint density at radius 3 is 2.09 bits per heavy atom. The summed E-state index contributed by atoms with van der Waals surface area (Å²) in [5.74, 6) is 0.953. The Bertz CT molecular complexity index is 1110. The van der Waals surface area contributed by atoms with Crippen LogP contribution in [0.2, 0.25) is 0 Å². The molecule has 35 heavy (non-hydrogen) atoms. The number of carbonyl (C=O) groups excluding carboxylic acids is 2. The van der Waals surface area contributed by atoms with E-state index in [9.17, 15) is 19.8 Å². The van der Waals surface area contributed by atoms with Crippen molar-refractivity contribution in [3.8, 4) is 0 Å². The third kappa shape index (κ3) is 2.58. The Labute approximate surface area is 205 Å². The molecule has 0 saturated heterocycles. The third-order valence-electron chi connectivity index (χ3n) is 11.8. The minimum Gasteiger partial charge on any atom is -0.420 e. The molecule has 8 fully saturated rings. The van der Waals surface area contributed by atoms with Gasteiger partial charge in [-0.2, -0.15) is 0 Å². The first kappa shape index (κ1) is 21.2. The van der Waals surface area contributed by atoms with Crippen LogP contribution in [0.4, 0.5) is 0 Å². The van der Waals surface area contributed by atoms with Crippen LogP contribution in [0.5, 0.6) is 0 Å². The van der Waals surface area contributed by atoms with Crippen LogP contribution in [-0.4, -0.2) is 33.4 Å². The topological polar surface area (TPSA) is 93.1 Å². The SMILES string of the molecule is O=C(OC(OC(=O)C12CC3CC4(O)CC(C1)C4(C3)C2)c1ccccc1)C12CC3CC(O)(CC3C1)C2. The monoisotopic (exact) mass is 478 g/mol. The first-order chi connectivity index (χ1) is 16.7. The van der Waals surface area contributed by atoms with Crippen LogP contribution in [0.15, 0.2) is 30.3 Å². The summed E-state index contributed by atoms with van der Waals surface area (Å²) in [5, 5.41) is 22.2. The summed E-state index contributed by atoms with van der Waals surface area (Å²) >= 11 is 0. The van der Waals surface area contributed by atoms with Gasteiger partial charge in [-0.1, -0.05) is 30.3 Å². The highest BCUT2D eigenvalue weighted by Crippen LogP contribution is 2.80. The van der Waals surface area contributed by atoms with Crippen LogP contribution in [0.25, 0.3) is 0 Å². The van der Waals surface area contributed by atoms with E-state index >= 15 is 0 Å². The van der Waals surface area contributed by atoms with Crippen LogP contribution in [-0.2, 0) is 19.1 Å². The van der Waals surface area contributed by atoms with Gasteiger partial charge in [0, 0.05) is 11.0 Å². The summed E-state index contributed by atoms with van der Waals surface area (Å²) in [5.41, 5.74) is -2.03. The van der Waals surface area contributed by atoms with Crippen molar-refractivity contribution < 1.29 is 29.3 Å². The molecule has 1 aromatic carbocycles. The molecule has 7 bridgehead atoms. The van der Waals surface area contributed by atoms with E-state index in [2.05, 4.69) is 0 Å². The standard InChI is InChI=1S/C29H34O6/c30-23(25-6-17-7-28(16-25)21(13-25)14-29(28,33)8-17)34-22(18-4-2-1-3-5-18)35-24(31)26-9-19-11-27(32,15-26)12-20(19)10-26/h1-5,17,19-22,32-33H,6-16H2. The van der Waals surface area contributed by atoms with Gasteiger partial charge in [0.25, 0.3) is 6.29 Å². The van der Waals surface area contributed by atoms with Gasteiger partial charge in [0.05, 0.1) is 22.0 Å². The van der Waals surface area contributed by atoms with E-state index in [1.54, 1.807) is 0 Å². The molecule has 1 aromatic rings. The Kier molecular flexibility index (Phi) is 3.82. The molecule has 8 unspecified atom stereocenters. The number of benzene rings is 1. The number of rotatable bonds is 5. The fraction of sp³-hybridized carbons (Fsp3) is 0.724. The minimum absolute atomic E-state index is 0.107. The van der Waals surface area contributed by atoms with Crippen LogP contribution in [0, 0.1) is 39.9 Å². The fourth-order valence-electron chi connectivity index (χ4n) is 11.0.